The van der Waals surface area contributed by atoms with Crippen LogP contribution in [0.25, 0.3) is 0 Å². The number of benzene rings is 2. The molecule has 2 N–H and O–H groups in total. The molecule has 1 aliphatic heterocycles. The van der Waals surface area contributed by atoms with E-state index in [0.29, 0.717) is 28.9 Å². The maximum absolute atomic E-state index is 12.4. The van der Waals surface area contributed by atoms with Gasteiger partial charge in [0.2, 0.25) is 6.79 Å². The Morgan fingerprint density at radius 1 is 1.19 bits per heavy atom. The predicted octanol–water partition coefficient (Wildman–Crippen LogP) is 2.61. The molecule has 1 aliphatic rings. The topological polar surface area (TPSA) is 52.0 Å². The van der Waals surface area contributed by atoms with Crippen LogP contribution >= 0.6 is 23.2 Å². The summed E-state index contributed by atoms with van der Waals surface area (Å²) in [7, 11) is 1.95. The average molecular weight is 396 g/mol. The van der Waals surface area contributed by atoms with E-state index in [1.165, 1.54) is 0 Å². The van der Waals surface area contributed by atoms with Gasteiger partial charge in [-0.15, -0.1) is 0 Å². The van der Waals surface area contributed by atoms with E-state index in [9.17, 15) is 4.79 Å². The van der Waals surface area contributed by atoms with E-state index in [2.05, 4.69) is 5.32 Å². The van der Waals surface area contributed by atoms with Crippen molar-refractivity contribution in [2.75, 3.05) is 20.4 Å². The van der Waals surface area contributed by atoms with Crippen molar-refractivity contribution in [3.8, 4) is 11.5 Å². The van der Waals surface area contributed by atoms with Gasteiger partial charge in [0.25, 0.3) is 5.91 Å². The molecule has 0 radical (unpaired) electrons. The van der Waals surface area contributed by atoms with Gasteiger partial charge in [0.15, 0.2) is 18.0 Å². The first kappa shape index (κ1) is 18.8. The van der Waals surface area contributed by atoms with Crippen LogP contribution in [0.3, 0.4) is 0 Å². The summed E-state index contributed by atoms with van der Waals surface area (Å²) < 4.78 is 10.7. The molecule has 2 aromatic rings. The fourth-order valence-corrected chi connectivity index (χ4v) is 3.36. The van der Waals surface area contributed by atoms with Crippen molar-refractivity contribution in [1.82, 2.24) is 5.32 Å². The van der Waals surface area contributed by atoms with Gasteiger partial charge in [-0.3, -0.25) is 4.79 Å². The summed E-state index contributed by atoms with van der Waals surface area (Å²) in [5.41, 5.74) is 1.94. The van der Waals surface area contributed by atoms with E-state index >= 15 is 0 Å². The quantitative estimate of drug-likeness (QED) is 0.790. The van der Waals surface area contributed by atoms with Crippen LogP contribution in [0, 0.1) is 0 Å². The van der Waals surface area contributed by atoms with Crippen LogP contribution in [0.15, 0.2) is 36.4 Å². The second-order valence-electron chi connectivity index (χ2n) is 6.45. The molecule has 2 aromatic carbocycles. The lowest BCUT2D eigenvalue weighted by Crippen LogP contribution is -3.08. The van der Waals surface area contributed by atoms with Crippen LogP contribution < -0.4 is 19.7 Å². The Morgan fingerprint density at radius 2 is 1.96 bits per heavy atom. The van der Waals surface area contributed by atoms with Crippen molar-refractivity contribution in [1.29, 1.82) is 0 Å². The Labute approximate surface area is 162 Å². The minimum absolute atomic E-state index is 0.0299. The van der Waals surface area contributed by atoms with Gasteiger partial charge in [0.05, 0.1) is 18.1 Å². The number of nitrogens with one attached hydrogen (secondary N) is 2. The zero-order valence-corrected chi connectivity index (χ0v) is 16.2. The number of fused-ring (bicyclic) bond motifs is 1. The predicted molar refractivity (Wildman–Crippen MR) is 101 cm³/mol. The first-order valence-electron chi connectivity index (χ1n) is 8.36. The molecule has 1 amide bonds. The maximum Gasteiger partial charge on any atom is 0.275 e. The van der Waals surface area contributed by atoms with Crippen LogP contribution in [0.5, 0.6) is 11.5 Å². The number of quaternary nitrogens is 1. The first-order valence-corrected chi connectivity index (χ1v) is 9.12. The molecule has 5 nitrogen and oxygen atoms in total. The molecule has 26 heavy (non-hydrogen) atoms. The van der Waals surface area contributed by atoms with Crippen LogP contribution in [0.4, 0.5) is 0 Å². The second-order valence-corrected chi connectivity index (χ2v) is 7.29. The number of carbonyl (C=O) groups is 1. The number of likely N-dealkylation sites (N-methyl/N-ethyl adjacent to an activating group) is 1. The molecular formula is C19H21Cl2N2O3+. The molecular weight excluding hydrogens is 375 g/mol. The highest BCUT2D eigenvalue weighted by atomic mass is 35.5. The number of ether oxygens (including phenoxy) is 2. The normalized spacial score (nSPS) is 14.8. The largest absolute Gasteiger partial charge is 0.454 e. The molecule has 0 saturated heterocycles. The van der Waals surface area contributed by atoms with Gasteiger partial charge in [0.1, 0.15) is 6.54 Å². The number of amides is 1. The maximum atomic E-state index is 12.4. The third kappa shape index (κ3) is 4.61. The number of carbonyl (C=O) groups excluding carboxylic acids is 1. The summed E-state index contributed by atoms with van der Waals surface area (Å²) in [6.07, 6.45) is 0. The Kier molecular flexibility index (Phi) is 5.91. The van der Waals surface area contributed by atoms with E-state index in [1.54, 1.807) is 12.1 Å². The second kappa shape index (κ2) is 8.16. The SMILES string of the molecule is C[C@H](NC(=O)C[NH+](C)Cc1ccc(Cl)cc1Cl)c1ccc2c(c1)OCO2. The zero-order chi connectivity index (χ0) is 18.7. The minimum Gasteiger partial charge on any atom is -0.454 e. The summed E-state index contributed by atoms with van der Waals surface area (Å²) in [6, 6.07) is 11.0. The minimum atomic E-state index is -0.121. The van der Waals surface area contributed by atoms with Crippen molar-refractivity contribution in [3.05, 3.63) is 57.6 Å². The van der Waals surface area contributed by atoms with Crippen LogP contribution in [0.1, 0.15) is 24.1 Å². The fourth-order valence-electron chi connectivity index (χ4n) is 2.89. The highest BCUT2D eigenvalue weighted by Crippen LogP contribution is 2.34. The molecule has 3 rings (SSSR count). The molecule has 138 valence electrons. The third-order valence-electron chi connectivity index (χ3n) is 4.24. The molecule has 7 heteroatoms. The average Bonchev–Trinajstić information content (AvgIpc) is 3.04. The first-order chi connectivity index (χ1) is 12.4. The molecule has 1 unspecified atom stereocenters. The number of rotatable bonds is 6. The smallest absolute Gasteiger partial charge is 0.275 e. The van der Waals surface area contributed by atoms with E-state index in [4.69, 9.17) is 32.7 Å². The Morgan fingerprint density at radius 3 is 2.73 bits per heavy atom. The molecule has 0 fully saturated rings. The molecule has 0 saturated carbocycles. The van der Waals surface area contributed by atoms with E-state index in [1.807, 2.05) is 38.2 Å². The van der Waals surface area contributed by atoms with Crippen molar-refractivity contribution in [2.24, 2.45) is 0 Å². The highest BCUT2D eigenvalue weighted by molar-refractivity contribution is 6.35. The van der Waals surface area contributed by atoms with Gasteiger partial charge in [0, 0.05) is 10.6 Å². The van der Waals surface area contributed by atoms with Gasteiger partial charge in [-0.25, -0.2) is 0 Å². The fraction of sp³-hybridized carbons (Fsp3) is 0.316. The van der Waals surface area contributed by atoms with Crippen LogP contribution in [-0.2, 0) is 11.3 Å². The standard InChI is InChI=1S/C19H20Cl2N2O3/c1-12(13-4-6-17-18(7-13)26-11-25-17)22-19(24)10-23(2)9-14-3-5-15(20)8-16(14)21/h3-8,12H,9-11H2,1-2H3,(H,22,24)/p+1/t12-/m0/s1. The number of hydrogen-bond donors (Lipinski definition) is 2. The lowest BCUT2D eigenvalue weighted by molar-refractivity contribution is -0.885. The van der Waals surface area contributed by atoms with E-state index in [-0.39, 0.29) is 18.7 Å². The number of hydrogen-bond acceptors (Lipinski definition) is 3. The summed E-state index contributed by atoms with van der Waals surface area (Å²) in [5.74, 6) is 1.41. The Balaban J connectivity index is 1.54. The molecule has 0 aliphatic carbocycles. The monoisotopic (exact) mass is 395 g/mol. The molecule has 0 spiro atoms. The molecule has 2 atom stereocenters. The van der Waals surface area contributed by atoms with Crippen molar-refractivity contribution in [3.63, 3.8) is 0 Å². The van der Waals surface area contributed by atoms with Crippen molar-refractivity contribution >= 4 is 29.1 Å². The highest BCUT2D eigenvalue weighted by Gasteiger charge is 2.18. The van der Waals surface area contributed by atoms with Gasteiger partial charge in [-0.1, -0.05) is 35.3 Å². The molecule has 0 bridgehead atoms. The Bertz CT molecular complexity index is 813. The summed E-state index contributed by atoms with van der Waals surface area (Å²) in [6.45, 7) is 3.16. The molecule has 0 aromatic heterocycles. The Hall–Kier alpha value is -1.95. The van der Waals surface area contributed by atoms with Crippen LogP contribution in [0.2, 0.25) is 10.0 Å². The van der Waals surface area contributed by atoms with Crippen molar-refractivity contribution in [2.45, 2.75) is 19.5 Å². The van der Waals surface area contributed by atoms with E-state index < -0.39 is 0 Å². The zero-order valence-electron chi connectivity index (χ0n) is 14.6. The van der Waals surface area contributed by atoms with Gasteiger partial charge in [-0.2, -0.15) is 0 Å². The molecule has 1 heterocycles. The summed E-state index contributed by atoms with van der Waals surface area (Å²) in [4.78, 5) is 13.4. The lowest BCUT2D eigenvalue weighted by atomic mass is 10.1. The van der Waals surface area contributed by atoms with Gasteiger partial charge < -0.3 is 19.7 Å². The number of halogens is 2. The third-order valence-corrected chi connectivity index (χ3v) is 4.83. The lowest BCUT2D eigenvalue weighted by Gasteiger charge is -2.18. The summed E-state index contributed by atoms with van der Waals surface area (Å²) >= 11 is 12.1. The van der Waals surface area contributed by atoms with Crippen LogP contribution in [-0.4, -0.2) is 26.3 Å². The summed E-state index contributed by atoms with van der Waals surface area (Å²) in [5, 5.41) is 4.24. The van der Waals surface area contributed by atoms with Crippen molar-refractivity contribution < 1.29 is 19.2 Å². The van der Waals surface area contributed by atoms with E-state index in [0.717, 1.165) is 21.8 Å². The van der Waals surface area contributed by atoms with Gasteiger partial charge >= 0.3 is 0 Å². The van der Waals surface area contributed by atoms with Gasteiger partial charge in [-0.05, 0) is 36.8 Å².